The third kappa shape index (κ3) is 5.45. The zero-order valence-corrected chi connectivity index (χ0v) is 18.1. The first kappa shape index (κ1) is 21.7. The van der Waals surface area contributed by atoms with Gasteiger partial charge in [-0.25, -0.2) is 0 Å². The second-order valence-corrected chi connectivity index (χ2v) is 7.27. The Morgan fingerprint density at radius 2 is 1.88 bits per heavy atom. The smallest absolute Gasteiger partial charge is 0.251 e. The molecule has 0 aromatic carbocycles. The number of halogens is 1. The largest absolute Gasteiger partial charge is 0.393 e. The zero-order chi connectivity index (χ0) is 17.6. The van der Waals surface area contributed by atoms with Gasteiger partial charge >= 0.3 is 0 Å². The highest BCUT2D eigenvalue weighted by molar-refractivity contribution is 14.0. The summed E-state index contributed by atoms with van der Waals surface area (Å²) in [4.78, 5) is 21.4. The molecule has 3 aliphatic rings. The number of hydrogen-bond donors (Lipinski definition) is 2. The number of aliphatic imine (C=N–C) groups is 1. The lowest BCUT2D eigenvalue weighted by atomic mass is 10.1. The Morgan fingerprint density at radius 1 is 1.15 bits per heavy atom. The van der Waals surface area contributed by atoms with Crippen LogP contribution in [0.5, 0.6) is 0 Å². The molecular formula is C18H33IN4O3. The van der Waals surface area contributed by atoms with Crippen LogP contribution in [0.1, 0.15) is 39.0 Å². The minimum absolute atomic E-state index is 0. The van der Waals surface area contributed by atoms with Crippen molar-refractivity contribution >= 4 is 35.8 Å². The number of amides is 1. The van der Waals surface area contributed by atoms with Crippen molar-refractivity contribution in [3.63, 3.8) is 0 Å². The molecule has 26 heavy (non-hydrogen) atoms. The van der Waals surface area contributed by atoms with Gasteiger partial charge in [-0.2, -0.15) is 0 Å². The molecule has 2 N–H and O–H groups in total. The quantitative estimate of drug-likeness (QED) is 0.358. The van der Waals surface area contributed by atoms with E-state index in [1.807, 2.05) is 4.90 Å². The van der Waals surface area contributed by atoms with E-state index in [4.69, 9.17) is 9.73 Å². The van der Waals surface area contributed by atoms with Crippen LogP contribution in [0.2, 0.25) is 0 Å². The molecule has 7 nitrogen and oxygen atoms in total. The van der Waals surface area contributed by atoms with Crippen molar-refractivity contribution < 1.29 is 14.6 Å². The van der Waals surface area contributed by atoms with Crippen LogP contribution in [0.15, 0.2) is 4.99 Å². The van der Waals surface area contributed by atoms with Gasteiger partial charge < -0.3 is 25.0 Å². The molecule has 3 unspecified atom stereocenters. The molecule has 0 spiro atoms. The molecule has 1 aliphatic carbocycles. The van der Waals surface area contributed by atoms with Crippen molar-refractivity contribution in [3.05, 3.63) is 0 Å². The Kier molecular flexibility index (Phi) is 8.89. The van der Waals surface area contributed by atoms with E-state index in [1.165, 1.54) is 0 Å². The summed E-state index contributed by atoms with van der Waals surface area (Å²) in [6.45, 7) is 7.29. The maximum Gasteiger partial charge on any atom is 0.251 e. The average molecular weight is 480 g/mol. The Hall–Kier alpha value is -0.610. The molecule has 1 amide bonds. The second kappa shape index (κ2) is 10.7. The van der Waals surface area contributed by atoms with Crippen LogP contribution in [0.3, 0.4) is 0 Å². The Bertz CT molecular complexity index is 477. The maximum absolute atomic E-state index is 12.4. The van der Waals surface area contributed by atoms with Gasteiger partial charge in [-0.3, -0.25) is 9.79 Å². The summed E-state index contributed by atoms with van der Waals surface area (Å²) in [6, 6.07) is 0. The number of nitrogens with zero attached hydrogens (tertiary/aromatic N) is 3. The van der Waals surface area contributed by atoms with Gasteiger partial charge in [0.15, 0.2) is 5.96 Å². The molecule has 150 valence electrons. The first-order valence-electron chi connectivity index (χ1n) is 9.80. The second-order valence-electron chi connectivity index (χ2n) is 7.27. The van der Waals surface area contributed by atoms with Crippen LogP contribution in [-0.2, 0) is 9.53 Å². The van der Waals surface area contributed by atoms with Crippen LogP contribution in [-0.4, -0.2) is 84.9 Å². The number of ether oxygens (including phenoxy) is 1. The topological polar surface area (TPSA) is 77.4 Å². The van der Waals surface area contributed by atoms with Gasteiger partial charge in [-0.05, 0) is 32.6 Å². The molecule has 3 rings (SSSR count). The van der Waals surface area contributed by atoms with Crippen LogP contribution in [0.4, 0.5) is 0 Å². The summed E-state index contributed by atoms with van der Waals surface area (Å²) in [6.07, 6.45) is 4.48. The number of carbonyl (C=O) groups is 1. The fourth-order valence-corrected chi connectivity index (χ4v) is 3.97. The van der Waals surface area contributed by atoms with Gasteiger partial charge in [0.1, 0.15) is 6.10 Å². The summed E-state index contributed by atoms with van der Waals surface area (Å²) in [5.41, 5.74) is 0. The zero-order valence-electron chi connectivity index (χ0n) is 15.7. The third-order valence-corrected chi connectivity index (χ3v) is 5.53. The molecule has 2 heterocycles. The minimum Gasteiger partial charge on any atom is -0.393 e. The summed E-state index contributed by atoms with van der Waals surface area (Å²) < 4.78 is 5.52. The standard InChI is InChI=1S/C18H32N4O3.HI/c1-2-19-18(20-13-14-5-3-6-15(14)23)22-10-8-21(9-11-22)17(24)16-7-4-12-25-16;/h14-16,23H,2-13H2,1H3,(H,19,20);1H. The van der Waals surface area contributed by atoms with Gasteiger partial charge in [0.2, 0.25) is 0 Å². The van der Waals surface area contributed by atoms with Gasteiger partial charge in [-0.15, -0.1) is 24.0 Å². The lowest BCUT2D eigenvalue weighted by molar-refractivity contribution is -0.142. The van der Waals surface area contributed by atoms with E-state index in [-0.39, 0.29) is 48.0 Å². The number of guanidine groups is 1. The van der Waals surface area contributed by atoms with Crippen molar-refractivity contribution in [2.45, 2.75) is 51.2 Å². The van der Waals surface area contributed by atoms with Crippen LogP contribution in [0, 0.1) is 5.92 Å². The Labute approximate surface area is 173 Å². The molecule has 8 heteroatoms. The van der Waals surface area contributed by atoms with E-state index in [2.05, 4.69) is 17.1 Å². The van der Waals surface area contributed by atoms with E-state index < -0.39 is 0 Å². The molecule has 0 radical (unpaired) electrons. The van der Waals surface area contributed by atoms with E-state index in [0.29, 0.717) is 13.2 Å². The monoisotopic (exact) mass is 480 g/mol. The molecule has 3 atom stereocenters. The fourth-order valence-electron chi connectivity index (χ4n) is 3.97. The highest BCUT2D eigenvalue weighted by atomic mass is 127. The van der Waals surface area contributed by atoms with Crippen molar-refractivity contribution in [1.82, 2.24) is 15.1 Å². The Balaban J connectivity index is 0.00000243. The van der Waals surface area contributed by atoms with Gasteiger partial charge in [0, 0.05) is 51.8 Å². The van der Waals surface area contributed by atoms with Gasteiger partial charge in [-0.1, -0.05) is 6.42 Å². The van der Waals surface area contributed by atoms with E-state index >= 15 is 0 Å². The lowest BCUT2D eigenvalue weighted by Gasteiger charge is -2.37. The van der Waals surface area contributed by atoms with Gasteiger partial charge in [0.25, 0.3) is 5.91 Å². The van der Waals surface area contributed by atoms with Gasteiger partial charge in [0.05, 0.1) is 6.10 Å². The minimum atomic E-state index is -0.225. The number of aliphatic hydroxyl groups excluding tert-OH is 1. The van der Waals surface area contributed by atoms with Crippen molar-refractivity contribution in [3.8, 4) is 0 Å². The number of piperazine rings is 1. The molecule has 0 bridgehead atoms. The number of aliphatic hydroxyl groups is 1. The SMILES string of the molecule is CCNC(=NCC1CCCC1O)N1CCN(C(=O)C2CCCO2)CC1.I. The first-order valence-corrected chi connectivity index (χ1v) is 9.80. The number of nitrogens with one attached hydrogen (secondary N) is 1. The van der Waals surface area contributed by atoms with E-state index in [9.17, 15) is 9.90 Å². The molecule has 3 fully saturated rings. The van der Waals surface area contributed by atoms with Crippen LogP contribution >= 0.6 is 24.0 Å². The van der Waals surface area contributed by atoms with E-state index in [0.717, 1.165) is 70.8 Å². The summed E-state index contributed by atoms with van der Waals surface area (Å²) in [5.74, 6) is 1.34. The highest BCUT2D eigenvalue weighted by Crippen LogP contribution is 2.25. The van der Waals surface area contributed by atoms with Crippen LogP contribution in [0.25, 0.3) is 0 Å². The molecule has 2 saturated heterocycles. The van der Waals surface area contributed by atoms with E-state index in [1.54, 1.807) is 0 Å². The number of rotatable bonds is 4. The molecule has 1 saturated carbocycles. The summed E-state index contributed by atoms with van der Waals surface area (Å²) in [5, 5.41) is 13.3. The molecule has 2 aliphatic heterocycles. The summed E-state index contributed by atoms with van der Waals surface area (Å²) in [7, 11) is 0. The normalized spacial score (nSPS) is 29.6. The predicted octanol–water partition coefficient (Wildman–Crippen LogP) is 1.05. The number of hydrogen-bond acceptors (Lipinski definition) is 4. The third-order valence-electron chi connectivity index (χ3n) is 5.53. The fraction of sp³-hybridized carbons (Fsp3) is 0.889. The summed E-state index contributed by atoms with van der Waals surface area (Å²) >= 11 is 0. The van der Waals surface area contributed by atoms with Crippen molar-refractivity contribution in [2.24, 2.45) is 10.9 Å². The van der Waals surface area contributed by atoms with Crippen molar-refractivity contribution in [1.29, 1.82) is 0 Å². The average Bonchev–Trinajstić information content (AvgIpc) is 3.30. The number of carbonyl (C=O) groups excluding carboxylic acids is 1. The van der Waals surface area contributed by atoms with Crippen LogP contribution < -0.4 is 5.32 Å². The lowest BCUT2D eigenvalue weighted by Crippen LogP contribution is -2.55. The maximum atomic E-state index is 12.4. The predicted molar refractivity (Wildman–Crippen MR) is 112 cm³/mol. The molecule has 0 aromatic heterocycles. The highest BCUT2D eigenvalue weighted by Gasteiger charge is 2.31. The molecular weight excluding hydrogens is 447 g/mol. The van der Waals surface area contributed by atoms with Crippen molar-refractivity contribution in [2.75, 3.05) is 45.9 Å². The first-order chi connectivity index (χ1) is 12.2. The molecule has 0 aromatic rings. The Morgan fingerprint density at radius 3 is 2.46 bits per heavy atom.